The van der Waals surface area contributed by atoms with E-state index in [-0.39, 0.29) is 24.6 Å². The molecule has 14 nitrogen and oxygen atoms in total. The molecule has 3 aromatic carbocycles. The van der Waals surface area contributed by atoms with Crippen molar-refractivity contribution in [3.63, 3.8) is 0 Å². The van der Waals surface area contributed by atoms with E-state index in [1.807, 2.05) is 0 Å². The Balaban J connectivity index is 1.39. The van der Waals surface area contributed by atoms with Crippen molar-refractivity contribution in [1.29, 1.82) is 0 Å². The maximum atomic E-state index is 11.9. The van der Waals surface area contributed by atoms with Gasteiger partial charge in [-0.25, -0.2) is 10.9 Å². The number of amides is 2. The average molecular weight is 520 g/mol. The van der Waals surface area contributed by atoms with Gasteiger partial charge in [0, 0.05) is 30.3 Å². The average Bonchev–Trinajstić information content (AvgIpc) is 2.91. The van der Waals surface area contributed by atoms with Crippen LogP contribution < -0.4 is 20.3 Å². The molecule has 0 heterocycles. The van der Waals surface area contributed by atoms with Crippen molar-refractivity contribution in [2.75, 3.05) is 13.2 Å². The van der Waals surface area contributed by atoms with Crippen LogP contribution in [0.5, 0.6) is 11.5 Å². The van der Waals surface area contributed by atoms with Crippen LogP contribution in [0, 0.1) is 20.2 Å². The summed E-state index contributed by atoms with van der Waals surface area (Å²) >= 11 is 0. The summed E-state index contributed by atoms with van der Waals surface area (Å²) in [5.41, 5.74) is 5.56. The minimum absolute atomic E-state index is 0.0559. The van der Waals surface area contributed by atoms with E-state index in [0.29, 0.717) is 22.6 Å². The third-order valence-electron chi connectivity index (χ3n) is 4.56. The van der Waals surface area contributed by atoms with Gasteiger partial charge in [-0.3, -0.25) is 29.8 Å². The second kappa shape index (κ2) is 13.4. The molecule has 0 aliphatic carbocycles. The van der Waals surface area contributed by atoms with Gasteiger partial charge in [-0.2, -0.15) is 10.2 Å². The topological polar surface area (TPSA) is 188 Å². The van der Waals surface area contributed by atoms with Crippen molar-refractivity contribution in [2.24, 2.45) is 10.2 Å². The van der Waals surface area contributed by atoms with Crippen LogP contribution >= 0.6 is 0 Å². The number of nitro groups is 2. The van der Waals surface area contributed by atoms with Crippen molar-refractivity contribution in [3.05, 3.63) is 104 Å². The third kappa shape index (κ3) is 8.84. The number of benzene rings is 3. The minimum atomic E-state index is -0.542. The molecule has 0 atom stereocenters. The quantitative estimate of drug-likeness (QED) is 0.207. The van der Waals surface area contributed by atoms with Crippen molar-refractivity contribution in [3.8, 4) is 11.5 Å². The Labute approximate surface area is 214 Å². The van der Waals surface area contributed by atoms with Gasteiger partial charge in [0.15, 0.2) is 13.2 Å². The van der Waals surface area contributed by atoms with Crippen molar-refractivity contribution < 1.29 is 28.9 Å². The fourth-order valence-corrected chi connectivity index (χ4v) is 2.74. The number of carbonyl (C=O) groups is 2. The van der Waals surface area contributed by atoms with Crippen LogP contribution in [0.3, 0.4) is 0 Å². The molecule has 2 amide bonds. The standard InChI is InChI=1S/C24H20N6O8/c31-23(27-25-13-17-4-8-19(9-5-17)29(33)34)15-37-21-2-1-3-22(12-21)38-16-24(32)28-26-14-18-6-10-20(11-7-18)30(35)36/h1-14H,15-16H2,(H,27,31)(H,28,32)/b25-13+,26-14+. The molecular formula is C24H20N6O8. The molecule has 38 heavy (non-hydrogen) atoms. The van der Waals surface area contributed by atoms with Gasteiger partial charge in [0.2, 0.25) is 0 Å². The van der Waals surface area contributed by atoms with Crippen LogP contribution in [0.1, 0.15) is 11.1 Å². The van der Waals surface area contributed by atoms with Crippen molar-refractivity contribution in [1.82, 2.24) is 10.9 Å². The first kappa shape index (κ1) is 26.9. The fourth-order valence-electron chi connectivity index (χ4n) is 2.74. The van der Waals surface area contributed by atoms with Gasteiger partial charge >= 0.3 is 0 Å². The van der Waals surface area contributed by atoms with Gasteiger partial charge in [0.1, 0.15) is 11.5 Å². The number of nitro benzene ring substituents is 2. The Hall–Kier alpha value is -5.66. The number of nitrogens with zero attached hydrogens (tertiary/aromatic N) is 4. The zero-order chi connectivity index (χ0) is 27.3. The Kier molecular flexibility index (Phi) is 9.52. The molecule has 14 heteroatoms. The lowest BCUT2D eigenvalue weighted by Crippen LogP contribution is -2.25. The van der Waals surface area contributed by atoms with Crippen LogP contribution in [-0.2, 0) is 9.59 Å². The van der Waals surface area contributed by atoms with Crippen molar-refractivity contribution >= 4 is 35.6 Å². The number of hydrazone groups is 2. The second-order valence-corrected chi connectivity index (χ2v) is 7.34. The van der Waals surface area contributed by atoms with E-state index in [1.54, 1.807) is 18.2 Å². The van der Waals surface area contributed by atoms with Gasteiger partial charge in [-0.05, 0) is 47.5 Å². The van der Waals surface area contributed by atoms with Crippen LogP contribution in [0.15, 0.2) is 83.0 Å². The van der Waals surface area contributed by atoms with Gasteiger partial charge in [0.05, 0.1) is 22.3 Å². The normalized spacial score (nSPS) is 10.7. The summed E-state index contributed by atoms with van der Waals surface area (Å²) in [6.07, 6.45) is 2.66. The molecule has 0 unspecified atom stereocenters. The van der Waals surface area contributed by atoms with E-state index >= 15 is 0 Å². The number of carbonyl (C=O) groups excluding carboxylic acids is 2. The van der Waals surface area contributed by atoms with Crippen molar-refractivity contribution in [2.45, 2.75) is 0 Å². The van der Waals surface area contributed by atoms with E-state index in [2.05, 4.69) is 21.1 Å². The number of non-ortho nitro benzene ring substituents is 2. The summed E-state index contributed by atoms with van der Waals surface area (Å²) in [7, 11) is 0. The number of hydrogen-bond acceptors (Lipinski definition) is 10. The highest BCUT2D eigenvalue weighted by atomic mass is 16.6. The zero-order valence-electron chi connectivity index (χ0n) is 19.6. The van der Waals surface area contributed by atoms with E-state index in [4.69, 9.17) is 9.47 Å². The Bertz CT molecular complexity index is 1260. The molecule has 0 bridgehead atoms. The van der Waals surface area contributed by atoms with Crippen LogP contribution in [-0.4, -0.2) is 47.3 Å². The van der Waals surface area contributed by atoms with Gasteiger partial charge in [-0.15, -0.1) is 0 Å². The molecule has 194 valence electrons. The van der Waals surface area contributed by atoms with Gasteiger partial charge < -0.3 is 9.47 Å². The van der Waals surface area contributed by atoms with E-state index in [1.165, 1.54) is 67.0 Å². The maximum Gasteiger partial charge on any atom is 0.277 e. The van der Waals surface area contributed by atoms with Crippen LogP contribution in [0.25, 0.3) is 0 Å². The Morgan fingerprint density at radius 3 is 1.47 bits per heavy atom. The third-order valence-corrected chi connectivity index (χ3v) is 4.56. The predicted molar refractivity (Wildman–Crippen MR) is 135 cm³/mol. The lowest BCUT2D eigenvalue weighted by atomic mass is 10.2. The lowest BCUT2D eigenvalue weighted by Gasteiger charge is -2.08. The Morgan fingerprint density at radius 2 is 1.11 bits per heavy atom. The summed E-state index contributed by atoms with van der Waals surface area (Å²) in [6.45, 7) is -0.697. The highest BCUT2D eigenvalue weighted by molar-refractivity contribution is 5.84. The second-order valence-electron chi connectivity index (χ2n) is 7.34. The number of ether oxygens (including phenoxy) is 2. The summed E-state index contributed by atoms with van der Waals surface area (Å²) in [5.74, 6) is -0.457. The molecule has 0 aliphatic heterocycles. The van der Waals surface area contributed by atoms with Gasteiger partial charge in [-0.1, -0.05) is 6.07 Å². The van der Waals surface area contributed by atoms with E-state index in [0.717, 1.165) is 0 Å². The summed E-state index contributed by atoms with van der Waals surface area (Å²) < 4.78 is 10.8. The zero-order valence-corrected chi connectivity index (χ0v) is 19.6. The molecule has 3 aromatic rings. The molecule has 2 N–H and O–H groups in total. The number of nitrogens with one attached hydrogen (secondary N) is 2. The molecule has 0 spiro atoms. The summed E-state index contributed by atoms with van der Waals surface area (Å²) in [4.78, 5) is 44.1. The highest BCUT2D eigenvalue weighted by Crippen LogP contribution is 2.19. The molecule has 0 saturated carbocycles. The molecule has 3 rings (SSSR count). The van der Waals surface area contributed by atoms with E-state index in [9.17, 15) is 29.8 Å². The molecular weight excluding hydrogens is 500 g/mol. The largest absolute Gasteiger partial charge is 0.484 e. The van der Waals surface area contributed by atoms with Crippen LogP contribution in [0.2, 0.25) is 0 Å². The summed E-state index contributed by atoms with van der Waals surface area (Å²) in [6, 6.07) is 17.5. The minimum Gasteiger partial charge on any atom is -0.484 e. The first-order chi connectivity index (χ1) is 18.3. The molecule has 0 saturated heterocycles. The predicted octanol–water partition coefficient (Wildman–Crippen LogP) is 2.56. The monoisotopic (exact) mass is 520 g/mol. The lowest BCUT2D eigenvalue weighted by molar-refractivity contribution is -0.385. The first-order valence-corrected chi connectivity index (χ1v) is 10.8. The number of rotatable bonds is 12. The SMILES string of the molecule is O=C(COc1cccc(OCC(=O)N/N=C/c2ccc([N+](=O)[O-])cc2)c1)N/N=C/c1ccc([N+](=O)[O-])cc1. The molecule has 0 fully saturated rings. The van der Waals surface area contributed by atoms with Gasteiger partial charge in [0.25, 0.3) is 23.2 Å². The fraction of sp³-hybridized carbons (Fsp3) is 0.0833. The van der Waals surface area contributed by atoms with E-state index < -0.39 is 21.7 Å². The summed E-state index contributed by atoms with van der Waals surface area (Å²) in [5, 5.41) is 28.8. The molecule has 0 aromatic heterocycles. The molecule has 0 aliphatic rings. The number of hydrogen-bond donors (Lipinski definition) is 2. The first-order valence-electron chi connectivity index (χ1n) is 10.8. The van der Waals surface area contributed by atoms with Crippen LogP contribution in [0.4, 0.5) is 11.4 Å². The Morgan fingerprint density at radius 1 is 0.711 bits per heavy atom. The maximum absolute atomic E-state index is 11.9. The highest BCUT2D eigenvalue weighted by Gasteiger charge is 2.07. The molecule has 0 radical (unpaired) electrons. The smallest absolute Gasteiger partial charge is 0.277 e.